The van der Waals surface area contributed by atoms with E-state index in [4.69, 9.17) is 13.9 Å². The molecule has 4 rings (SSSR count). The second-order valence-corrected chi connectivity index (χ2v) is 7.70. The highest BCUT2D eigenvalue weighted by atomic mass is 16.5. The maximum absolute atomic E-state index is 12.9. The molecule has 0 saturated heterocycles. The van der Waals surface area contributed by atoms with Crippen LogP contribution in [0.5, 0.6) is 0 Å². The number of methoxy groups -OCH3 is 2. The molecule has 0 aliphatic carbocycles. The minimum atomic E-state index is -0.988. The Bertz CT molecular complexity index is 1150. The summed E-state index contributed by atoms with van der Waals surface area (Å²) in [6.07, 6.45) is 0.660. The van der Waals surface area contributed by atoms with Gasteiger partial charge in [-0.2, -0.15) is 0 Å². The highest BCUT2D eigenvalue weighted by Crippen LogP contribution is 2.51. The molecule has 1 aliphatic heterocycles. The molecular formula is C24H24N2O6. The van der Waals surface area contributed by atoms with E-state index in [1.165, 1.54) is 14.2 Å². The van der Waals surface area contributed by atoms with Gasteiger partial charge in [-0.05, 0) is 31.5 Å². The number of fused-ring (bicyclic) bond motifs is 3. The molecule has 3 heterocycles. The lowest BCUT2D eigenvalue weighted by Crippen LogP contribution is -2.39. The van der Waals surface area contributed by atoms with E-state index < -0.39 is 24.1 Å². The smallest absolute Gasteiger partial charge is 0.374 e. The molecule has 0 bridgehead atoms. The third kappa shape index (κ3) is 3.33. The number of anilines is 1. The number of pyridine rings is 1. The predicted octanol–water partition coefficient (Wildman–Crippen LogP) is 3.92. The van der Waals surface area contributed by atoms with E-state index in [0.29, 0.717) is 22.5 Å². The van der Waals surface area contributed by atoms with Gasteiger partial charge in [0.05, 0.1) is 19.9 Å². The molecule has 32 heavy (non-hydrogen) atoms. The number of benzene rings is 1. The molecule has 0 amide bonds. The molecule has 0 unspecified atom stereocenters. The van der Waals surface area contributed by atoms with Crippen molar-refractivity contribution in [1.82, 2.24) is 4.98 Å². The summed E-state index contributed by atoms with van der Waals surface area (Å²) in [7, 11) is 2.45. The van der Waals surface area contributed by atoms with Gasteiger partial charge in [-0.15, -0.1) is 0 Å². The fraction of sp³-hybridized carbons (Fsp3) is 0.292. The first kappa shape index (κ1) is 21.6. The number of aliphatic hydroxyl groups excluding tert-OH is 1. The summed E-state index contributed by atoms with van der Waals surface area (Å²) in [4.78, 5) is 31.8. The summed E-state index contributed by atoms with van der Waals surface area (Å²) >= 11 is 0. The van der Waals surface area contributed by atoms with Crippen molar-refractivity contribution < 1.29 is 28.6 Å². The molecular weight excluding hydrogens is 412 g/mol. The molecule has 2 aromatic heterocycles. The Morgan fingerprint density at radius 2 is 1.75 bits per heavy atom. The zero-order chi connectivity index (χ0) is 23.0. The van der Waals surface area contributed by atoms with Gasteiger partial charge in [0.15, 0.2) is 5.76 Å². The molecule has 1 aliphatic rings. The Labute approximate surface area is 185 Å². The Morgan fingerprint density at radius 3 is 2.38 bits per heavy atom. The quantitative estimate of drug-likeness (QED) is 0.614. The lowest BCUT2D eigenvalue weighted by Gasteiger charge is -2.37. The summed E-state index contributed by atoms with van der Waals surface area (Å²) in [5.41, 5.74) is 2.07. The first-order chi connectivity index (χ1) is 15.4. The van der Waals surface area contributed by atoms with Crippen molar-refractivity contribution in [3.05, 3.63) is 71.2 Å². The van der Waals surface area contributed by atoms with Crippen LogP contribution in [0.25, 0.3) is 11.3 Å². The Hall–Kier alpha value is -3.65. The highest BCUT2D eigenvalue weighted by molar-refractivity contribution is 6.09. The van der Waals surface area contributed by atoms with E-state index in [2.05, 4.69) is 4.98 Å². The van der Waals surface area contributed by atoms with Crippen molar-refractivity contribution in [3.8, 4) is 11.3 Å². The fourth-order valence-corrected chi connectivity index (χ4v) is 4.24. The molecule has 0 saturated carbocycles. The molecule has 2 atom stereocenters. The van der Waals surface area contributed by atoms with Gasteiger partial charge in [-0.3, -0.25) is 4.98 Å². The average molecular weight is 436 g/mol. The highest BCUT2D eigenvalue weighted by Gasteiger charge is 2.44. The van der Waals surface area contributed by atoms with E-state index in [1.54, 1.807) is 30.5 Å². The van der Waals surface area contributed by atoms with Gasteiger partial charge in [0.2, 0.25) is 5.76 Å². The number of aliphatic hydroxyl groups is 1. The zero-order valence-corrected chi connectivity index (χ0v) is 18.2. The van der Waals surface area contributed by atoms with Gasteiger partial charge in [0, 0.05) is 17.8 Å². The second kappa shape index (κ2) is 8.47. The number of hydrogen-bond donors (Lipinski definition) is 1. The Morgan fingerprint density at radius 1 is 1.06 bits per heavy atom. The number of ether oxygens (including phenoxy) is 2. The van der Waals surface area contributed by atoms with E-state index in [0.717, 1.165) is 0 Å². The van der Waals surface area contributed by atoms with E-state index in [-0.39, 0.29) is 23.1 Å². The minimum Gasteiger partial charge on any atom is -0.465 e. The minimum absolute atomic E-state index is 0.0483. The van der Waals surface area contributed by atoms with Crippen LogP contribution in [-0.4, -0.2) is 42.3 Å². The van der Waals surface area contributed by atoms with Gasteiger partial charge in [0.25, 0.3) is 0 Å². The topological polar surface area (TPSA) is 102 Å². The molecule has 1 aromatic carbocycles. The number of aromatic nitrogens is 1. The molecule has 166 valence electrons. The van der Waals surface area contributed by atoms with Gasteiger partial charge >= 0.3 is 11.9 Å². The van der Waals surface area contributed by atoms with Crippen LogP contribution < -0.4 is 4.90 Å². The normalized spacial score (nSPS) is 17.4. The van der Waals surface area contributed by atoms with Crippen LogP contribution in [0.2, 0.25) is 0 Å². The van der Waals surface area contributed by atoms with Crippen LogP contribution in [0.15, 0.2) is 53.1 Å². The maximum atomic E-state index is 12.9. The SMILES string of the molecule is COC(=O)c1oc2c(c1C(=O)OC)N(C(C)C)[C@H](c1ccccn1)[C@@H](O)c1ccccc1-2. The van der Waals surface area contributed by atoms with Gasteiger partial charge in [-0.1, -0.05) is 30.3 Å². The van der Waals surface area contributed by atoms with Crippen molar-refractivity contribution in [3.63, 3.8) is 0 Å². The lowest BCUT2D eigenvalue weighted by atomic mass is 9.95. The zero-order valence-electron chi connectivity index (χ0n) is 18.2. The van der Waals surface area contributed by atoms with Crippen LogP contribution in [0.4, 0.5) is 5.69 Å². The molecule has 0 spiro atoms. The molecule has 0 fully saturated rings. The Balaban J connectivity index is 2.13. The van der Waals surface area contributed by atoms with Crippen molar-refractivity contribution in [1.29, 1.82) is 0 Å². The number of hydrogen-bond acceptors (Lipinski definition) is 8. The molecule has 1 N–H and O–H groups in total. The van der Waals surface area contributed by atoms with E-state index in [9.17, 15) is 14.7 Å². The molecule has 8 nitrogen and oxygen atoms in total. The predicted molar refractivity (Wildman–Crippen MR) is 116 cm³/mol. The van der Waals surface area contributed by atoms with Gasteiger partial charge in [-0.25, -0.2) is 9.59 Å². The van der Waals surface area contributed by atoms with Crippen molar-refractivity contribution >= 4 is 17.6 Å². The molecule has 3 aromatic rings. The number of nitrogens with zero attached hydrogens (tertiary/aromatic N) is 2. The van der Waals surface area contributed by atoms with Crippen LogP contribution in [-0.2, 0) is 9.47 Å². The van der Waals surface area contributed by atoms with Gasteiger partial charge in [0.1, 0.15) is 23.4 Å². The lowest BCUT2D eigenvalue weighted by molar-refractivity contribution is 0.0529. The van der Waals surface area contributed by atoms with Gasteiger partial charge < -0.3 is 23.9 Å². The number of carbonyl (C=O) groups excluding carboxylic acids is 2. The first-order valence-electron chi connectivity index (χ1n) is 10.2. The van der Waals surface area contributed by atoms with Crippen molar-refractivity contribution in [2.45, 2.75) is 32.0 Å². The number of carbonyl (C=O) groups is 2. The van der Waals surface area contributed by atoms with Crippen LogP contribution in [0.1, 0.15) is 58.2 Å². The Kier molecular flexibility index (Phi) is 5.71. The van der Waals surface area contributed by atoms with E-state index >= 15 is 0 Å². The maximum Gasteiger partial charge on any atom is 0.374 e. The monoisotopic (exact) mass is 436 g/mol. The van der Waals surface area contributed by atoms with Crippen molar-refractivity contribution in [2.75, 3.05) is 19.1 Å². The summed E-state index contributed by atoms with van der Waals surface area (Å²) < 4.78 is 15.9. The summed E-state index contributed by atoms with van der Waals surface area (Å²) in [6.45, 7) is 3.85. The number of rotatable bonds is 4. The summed E-state index contributed by atoms with van der Waals surface area (Å²) in [5, 5.41) is 11.5. The second-order valence-electron chi connectivity index (χ2n) is 7.70. The first-order valence-corrected chi connectivity index (χ1v) is 10.2. The van der Waals surface area contributed by atoms with Crippen LogP contribution >= 0.6 is 0 Å². The summed E-state index contributed by atoms with van der Waals surface area (Å²) in [6, 6.07) is 11.8. The molecule has 8 heteroatoms. The van der Waals surface area contributed by atoms with Crippen LogP contribution in [0.3, 0.4) is 0 Å². The third-order valence-corrected chi connectivity index (χ3v) is 5.57. The largest absolute Gasteiger partial charge is 0.465 e. The van der Waals surface area contributed by atoms with E-state index in [1.807, 2.05) is 36.9 Å². The summed E-state index contributed by atoms with van der Waals surface area (Å²) in [5.74, 6) is -1.50. The molecule has 0 radical (unpaired) electrons. The fourth-order valence-electron chi connectivity index (χ4n) is 4.24. The average Bonchev–Trinajstić information content (AvgIpc) is 3.16. The van der Waals surface area contributed by atoms with Crippen LogP contribution in [0, 0.1) is 0 Å². The third-order valence-electron chi connectivity index (χ3n) is 5.57. The van der Waals surface area contributed by atoms with Crippen molar-refractivity contribution in [2.24, 2.45) is 0 Å². The number of esters is 2. The number of furan rings is 1. The standard InChI is InChI=1S/C24H24N2O6/c1-13(2)26-18(16-11-7-8-12-25-16)20(27)14-9-5-6-10-15(14)21-19(26)17(23(28)30-3)22(32-21)24(29)31-4/h5-13,18,20,27H,1-4H3/t18-,20+/m1/s1.